The maximum absolute atomic E-state index is 13.1. The molecule has 0 fully saturated rings. The van der Waals surface area contributed by atoms with E-state index in [2.05, 4.69) is 24.6 Å². The van der Waals surface area contributed by atoms with Crippen molar-refractivity contribution >= 4 is 38.8 Å². The van der Waals surface area contributed by atoms with Crippen LogP contribution in [0, 0.1) is 0 Å². The topological polar surface area (TPSA) is 66.5 Å². The zero-order valence-corrected chi connectivity index (χ0v) is 19.5. The number of benzene rings is 3. The second-order valence-corrected chi connectivity index (χ2v) is 10.4. The summed E-state index contributed by atoms with van der Waals surface area (Å²) < 4.78 is 28.2. The number of allylic oxidation sites excluding steroid dienone is 2. The molecule has 0 aromatic heterocycles. The van der Waals surface area contributed by atoms with Crippen molar-refractivity contribution in [2.75, 3.05) is 16.7 Å². The lowest BCUT2D eigenvalue weighted by molar-refractivity contribution is 0.104. The number of sulfonamides is 1. The van der Waals surface area contributed by atoms with Crippen molar-refractivity contribution in [1.82, 2.24) is 0 Å². The first-order valence-corrected chi connectivity index (χ1v) is 11.9. The van der Waals surface area contributed by atoms with Crippen LogP contribution in [0.5, 0.6) is 0 Å². The van der Waals surface area contributed by atoms with Crippen LogP contribution in [0.4, 0.5) is 11.4 Å². The fraction of sp³-hybridized carbons (Fsp3) is 0.160. The van der Waals surface area contributed by atoms with E-state index in [9.17, 15) is 13.2 Å². The average molecular weight is 467 g/mol. The summed E-state index contributed by atoms with van der Waals surface area (Å²) >= 11 is 5.95. The van der Waals surface area contributed by atoms with Crippen LogP contribution in [0.15, 0.2) is 89.5 Å². The van der Waals surface area contributed by atoms with Crippen molar-refractivity contribution in [2.24, 2.45) is 0 Å². The molecule has 164 valence electrons. The van der Waals surface area contributed by atoms with E-state index in [4.69, 9.17) is 11.6 Å². The molecule has 0 saturated carbocycles. The van der Waals surface area contributed by atoms with E-state index in [-0.39, 0.29) is 16.1 Å². The van der Waals surface area contributed by atoms with Gasteiger partial charge in [-0.3, -0.25) is 9.52 Å². The molecule has 1 aliphatic rings. The maximum atomic E-state index is 13.1. The van der Waals surface area contributed by atoms with Crippen molar-refractivity contribution in [3.05, 3.63) is 101 Å². The summed E-state index contributed by atoms with van der Waals surface area (Å²) in [7, 11) is -1.95. The molecule has 0 bridgehead atoms. The summed E-state index contributed by atoms with van der Waals surface area (Å²) in [5, 5.41) is 0.421. The number of fused-ring (bicyclic) bond motifs is 1. The van der Waals surface area contributed by atoms with Gasteiger partial charge in [-0.05, 0) is 42.0 Å². The quantitative estimate of drug-likeness (QED) is 0.390. The van der Waals surface area contributed by atoms with Gasteiger partial charge >= 0.3 is 0 Å². The van der Waals surface area contributed by atoms with E-state index in [0.29, 0.717) is 16.3 Å². The molecule has 0 unspecified atom stereocenters. The lowest BCUT2D eigenvalue weighted by Crippen LogP contribution is -2.24. The van der Waals surface area contributed by atoms with Crippen LogP contribution < -0.4 is 9.62 Å². The number of likely N-dealkylation sites (N-methyl/N-ethyl adjacent to an activating group) is 1. The molecule has 3 aromatic rings. The second-order valence-electron chi connectivity index (χ2n) is 8.24. The first-order chi connectivity index (χ1) is 15.1. The summed E-state index contributed by atoms with van der Waals surface area (Å²) in [6, 6.07) is 20.5. The Morgan fingerprint density at radius 3 is 2.44 bits per heavy atom. The molecule has 0 atom stereocenters. The molecule has 1 aliphatic heterocycles. The summed E-state index contributed by atoms with van der Waals surface area (Å²) in [4.78, 5) is 15.1. The number of ketones is 1. The predicted molar refractivity (Wildman–Crippen MR) is 129 cm³/mol. The fourth-order valence-electron chi connectivity index (χ4n) is 4.05. The largest absolute Gasteiger partial charge is 0.347 e. The number of nitrogens with zero attached hydrogens (tertiary/aromatic N) is 1. The highest BCUT2D eigenvalue weighted by Gasteiger charge is 2.38. The lowest BCUT2D eigenvalue weighted by atomic mass is 9.83. The van der Waals surface area contributed by atoms with E-state index >= 15 is 0 Å². The van der Waals surface area contributed by atoms with Crippen molar-refractivity contribution < 1.29 is 13.2 Å². The van der Waals surface area contributed by atoms with E-state index in [1.165, 1.54) is 18.2 Å². The Morgan fingerprint density at radius 2 is 1.72 bits per heavy atom. The van der Waals surface area contributed by atoms with Crippen LogP contribution in [0.2, 0.25) is 5.02 Å². The SMILES string of the molecule is CN1/C(=C/C(=O)c2cccc(S(=O)(=O)Nc3cccc(Cl)c3)c2)C(C)(C)c2ccccc21. The molecule has 1 heterocycles. The molecule has 32 heavy (non-hydrogen) atoms. The zero-order chi connectivity index (χ0) is 23.1. The average Bonchev–Trinajstić information content (AvgIpc) is 2.94. The third kappa shape index (κ3) is 4.04. The minimum Gasteiger partial charge on any atom is -0.347 e. The summed E-state index contributed by atoms with van der Waals surface area (Å²) in [5.74, 6) is -0.257. The number of rotatable bonds is 5. The molecule has 0 spiro atoms. The molecule has 0 amide bonds. The highest BCUT2D eigenvalue weighted by atomic mass is 35.5. The highest BCUT2D eigenvalue weighted by Crippen LogP contribution is 2.46. The van der Waals surface area contributed by atoms with Gasteiger partial charge in [-0.1, -0.05) is 61.8 Å². The van der Waals surface area contributed by atoms with E-state index < -0.39 is 10.0 Å². The molecular formula is C25H23ClN2O3S. The van der Waals surface area contributed by atoms with E-state index in [1.807, 2.05) is 30.1 Å². The molecule has 1 N–H and O–H groups in total. The Hall–Kier alpha value is -3.09. The van der Waals surface area contributed by atoms with Crippen molar-refractivity contribution in [3.8, 4) is 0 Å². The standard InChI is InChI=1S/C25H23ClN2O3S/c1-25(2)21-12-4-5-13-22(21)28(3)24(25)16-23(29)17-8-6-11-20(14-17)32(30,31)27-19-10-7-9-18(26)15-19/h4-16,27H,1-3H3/b24-16+. The minimum atomic E-state index is -3.88. The third-order valence-electron chi connectivity index (χ3n) is 5.71. The first-order valence-electron chi connectivity index (χ1n) is 10.1. The molecule has 4 rings (SSSR count). The number of hydrogen-bond acceptors (Lipinski definition) is 4. The lowest BCUT2D eigenvalue weighted by Gasteiger charge is -2.24. The van der Waals surface area contributed by atoms with Crippen LogP contribution in [-0.4, -0.2) is 21.2 Å². The number of hydrogen-bond donors (Lipinski definition) is 1. The van der Waals surface area contributed by atoms with Gasteiger partial charge in [0.15, 0.2) is 5.78 Å². The van der Waals surface area contributed by atoms with Crippen LogP contribution >= 0.6 is 11.6 Å². The molecular weight excluding hydrogens is 444 g/mol. The molecule has 0 aliphatic carbocycles. The predicted octanol–water partition coefficient (Wildman–Crippen LogP) is 5.64. The van der Waals surface area contributed by atoms with Gasteiger partial charge in [-0.15, -0.1) is 0 Å². The number of para-hydroxylation sites is 1. The fourth-order valence-corrected chi connectivity index (χ4v) is 5.33. The summed E-state index contributed by atoms with van der Waals surface area (Å²) in [6.07, 6.45) is 1.59. The van der Waals surface area contributed by atoms with E-state index in [1.54, 1.807) is 36.4 Å². The monoisotopic (exact) mass is 466 g/mol. The van der Waals surface area contributed by atoms with Gasteiger partial charge in [0.1, 0.15) is 0 Å². The summed E-state index contributed by atoms with van der Waals surface area (Å²) in [6.45, 7) is 4.15. The smallest absolute Gasteiger partial charge is 0.261 e. The van der Waals surface area contributed by atoms with Crippen molar-refractivity contribution in [2.45, 2.75) is 24.2 Å². The van der Waals surface area contributed by atoms with Crippen molar-refractivity contribution in [1.29, 1.82) is 0 Å². The Morgan fingerprint density at radius 1 is 1.00 bits per heavy atom. The minimum absolute atomic E-state index is 0.00375. The van der Waals surface area contributed by atoms with Gasteiger partial charge in [0, 0.05) is 40.5 Å². The van der Waals surface area contributed by atoms with Gasteiger partial charge in [0.05, 0.1) is 10.6 Å². The van der Waals surface area contributed by atoms with Gasteiger partial charge in [-0.2, -0.15) is 0 Å². The molecule has 0 saturated heterocycles. The second kappa shape index (κ2) is 8.11. The maximum Gasteiger partial charge on any atom is 0.261 e. The van der Waals surface area contributed by atoms with Gasteiger partial charge in [-0.25, -0.2) is 8.42 Å². The summed E-state index contributed by atoms with van der Waals surface area (Å²) in [5.41, 5.74) is 3.35. The Bertz CT molecular complexity index is 1350. The van der Waals surface area contributed by atoms with E-state index in [0.717, 1.165) is 16.9 Å². The van der Waals surface area contributed by atoms with Crippen LogP contribution in [-0.2, 0) is 15.4 Å². The van der Waals surface area contributed by atoms with Gasteiger partial charge in [0.2, 0.25) is 0 Å². The Labute approximate surface area is 193 Å². The molecule has 0 radical (unpaired) electrons. The van der Waals surface area contributed by atoms with Gasteiger partial charge < -0.3 is 4.90 Å². The number of nitrogens with one attached hydrogen (secondary N) is 1. The number of halogens is 1. The Balaban J connectivity index is 1.65. The third-order valence-corrected chi connectivity index (χ3v) is 7.33. The molecule has 3 aromatic carbocycles. The first kappa shape index (κ1) is 22.1. The van der Waals surface area contributed by atoms with Crippen LogP contribution in [0.25, 0.3) is 0 Å². The normalized spacial score (nSPS) is 16.1. The molecule has 7 heteroatoms. The van der Waals surface area contributed by atoms with Gasteiger partial charge in [0.25, 0.3) is 10.0 Å². The highest BCUT2D eigenvalue weighted by molar-refractivity contribution is 7.92. The van der Waals surface area contributed by atoms with Crippen LogP contribution in [0.3, 0.4) is 0 Å². The Kier molecular flexibility index (Phi) is 5.61. The number of anilines is 2. The number of carbonyl (C=O) groups is 1. The molecule has 5 nitrogen and oxygen atoms in total. The van der Waals surface area contributed by atoms with Crippen LogP contribution in [0.1, 0.15) is 29.8 Å². The zero-order valence-electron chi connectivity index (χ0n) is 18.0. The van der Waals surface area contributed by atoms with Crippen molar-refractivity contribution in [3.63, 3.8) is 0 Å². The number of carbonyl (C=O) groups excluding carboxylic acids is 1.